The molecule has 0 amide bonds. The first kappa shape index (κ1) is 16.8. The van der Waals surface area contributed by atoms with Gasteiger partial charge < -0.3 is 0 Å². The Balaban J connectivity index is 2.26. The van der Waals surface area contributed by atoms with E-state index < -0.39 is 0 Å². The third-order valence-corrected chi connectivity index (χ3v) is 4.18. The molecule has 20 heavy (non-hydrogen) atoms. The van der Waals surface area contributed by atoms with Crippen LogP contribution in [-0.2, 0) is 0 Å². The summed E-state index contributed by atoms with van der Waals surface area (Å²) in [6, 6.07) is 6.80. The first-order valence-corrected chi connectivity index (χ1v) is 7.98. The molecule has 0 aromatic heterocycles. The largest absolute Gasteiger partial charge is 0.269 e. The van der Waals surface area contributed by atoms with Gasteiger partial charge in [0.1, 0.15) is 0 Å². The Bertz CT molecular complexity index is 450. The summed E-state index contributed by atoms with van der Waals surface area (Å²) in [7, 11) is 0. The number of rotatable bonds is 8. The van der Waals surface area contributed by atoms with Crippen LogP contribution in [0.2, 0.25) is 0 Å². The normalized spacial score (nSPS) is 11.9. The van der Waals surface area contributed by atoms with Crippen LogP contribution in [0, 0.1) is 16.0 Å². The summed E-state index contributed by atoms with van der Waals surface area (Å²) in [5.74, 6) is 1.78. The van der Waals surface area contributed by atoms with E-state index in [2.05, 4.69) is 26.8 Å². The molecule has 0 saturated carbocycles. The first-order valence-electron chi connectivity index (χ1n) is 6.99. The van der Waals surface area contributed by atoms with Crippen LogP contribution in [0.5, 0.6) is 0 Å². The maximum Gasteiger partial charge on any atom is 0.269 e. The highest BCUT2D eigenvalue weighted by atomic mass is 32.2. The van der Waals surface area contributed by atoms with E-state index in [0.717, 1.165) is 23.0 Å². The Morgan fingerprint density at radius 1 is 1.30 bits per heavy atom. The number of non-ortho nitro benzene ring substituents is 1. The number of hydrogen-bond donors (Lipinski definition) is 0. The highest BCUT2D eigenvalue weighted by Gasteiger charge is 2.05. The molecule has 4 heteroatoms. The van der Waals surface area contributed by atoms with E-state index in [1.54, 1.807) is 23.9 Å². The molecule has 3 nitrogen and oxygen atoms in total. The van der Waals surface area contributed by atoms with Gasteiger partial charge in [-0.15, -0.1) is 11.8 Å². The molecule has 0 bridgehead atoms. The number of nitro benzene ring substituents is 1. The molecule has 0 N–H and O–H groups in total. The monoisotopic (exact) mass is 293 g/mol. The molecule has 1 aromatic carbocycles. The van der Waals surface area contributed by atoms with Crippen molar-refractivity contribution >= 4 is 17.4 Å². The van der Waals surface area contributed by atoms with Gasteiger partial charge in [0.05, 0.1) is 4.92 Å². The third kappa shape index (κ3) is 6.75. The summed E-state index contributed by atoms with van der Waals surface area (Å²) in [4.78, 5) is 11.3. The minimum absolute atomic E-state index is 0.157. The molecular formula is C16H23NO2S. The van der Waals surface area contributed by atoms with Gasteiger partial charge >= 0.3 is 0 Å². The van der Waals surface area contributed by atoms with Crippen molar-refractivity contribution in [3.8, 4) is 0 Å². The lowest BCUT2D eigenvalue weighted by Gasteiger charge is -2.09. The van der Waals surface area contributed by atoms with E-state index in [1.807, 2.05) is 12.1 Å². The van der Waals surface area contributed by atoms with Crippen LogP contribution in [0.15, 0.2) is 40.8 Å². The van der Waals surface area contributed by atoms with E-state index in [0.29, 0.717) is 0 Å². The van der Waals surface area contributed by atoms with E-state index in [9.17, 15) is 10.1 Å². The summed E-state index contributed by atoms with van der Waals surface area (Å²) in [5.41, 5.74) is 1.54. The Hall–Kier alpha value is -1.29. The molecule has 1 rings (SSSR count). The van der Waals surface area contributed by atoms with Crippen molar-refractivity contribution in [2.45, 2.75) is 44.9 Å². The molecule has 1 unspecified atom stereocenters. The van der Waals surface area contributed by atoms with Gasteiger partial charge in [-0.3, -0.25) is 10.1 Å². The van der Waals surface area contributed by atoms with E-state index in [-0.39, 0.29) is 10.6 Å². The van der Waals surface area contributed by atoms with Gasteiger partial charge in [0.2, 0.25) is 0 Å². The highest BCUT2D eigenvalue weighted by Crippen LogP contribution is 2.24. The van der Waals surface area contributed by atoms with Gasteiger partial charge in [0.25, 0.3) is 5.69 Å². The summed E-state index contributed by atoms with van der Waals surface area (Å²) in [6.45, 7) is 6.56. The maximum absolute atomic E-state index is 10.6. The van der Waals surface area contributed by atoms with Gasteiger partial charge in [-0.1, -0.05) is 18.6 Å². The van der Waals surface area contributed by atoms with E-state index in [1.165, 1.54) is 18.4 Å². The van der Waals surface area contributed by atoms with Crippen molar-refractivity contribution in [1.82, 2.24) is 0 Å². The second-order valence-corrected chi connectivity index (χ2v) is 6.52. The number of nitrogens with zero attached hydrogens (tertiary/aromatic N) is 1. The van der Waals surface area contributed by atoms with Crippen LogP contribution in [0.25, 0.3) is 0 Å². The van der Waals surface area contributed by atoms with Gasteiger partial charge in [-0.2, -0.15) is 0 Å². The maximum atomic E-state index is 10.6. The molecule has 0 aliphatic heterocycles. The standard InChI is InChI=1S/C16H23NO2S/c1-13(2)5-4-6-14(3)11-12-20-16-9-7-15(8-10-16)17(18)19/h5,7-10,14H,4,6,11-12H2,1-3H3. The Morgan fingerprint density at radius 2 is 1.95 bits per heavy atom. The zero-order chi connectivity index (χ0) is 15.0. The lowest BCUT2D eigenvalue weighted by Crippen LogP contribution is -1.96. The van der Waals surface area contributed by atoms with Crippen molar-refractivity contribution in [3.05, 3.63) is 46.0 Å². The minimum Gasteiger partial charge on any atom is -0.258 e. The average Bonchev–Trinajstić information content (AvgIpc) is 2.39. The fraction of sp³-hybridized carbons (Fsp3) is 0.500. The number of benzene rings is 1. The number of thioether (sulfide) groups is 1. The first-order chi connectivity index (χ1) is 9.49. The number of allylic oxidation sites excluding steroid dienone is 2. The molecule has 110 valence electrons. The fourth-order valence-corrected chi connectivity index (χ4v) is 2.93. The van der Waals surface area contributed by atoms with Crippen molar-refractivity contribution in [2.24, 2.45) is 5.92 Å². The van der Waals surface area contributed by atoms with Crippen LogP contribution >= 0.6 is 11.8 Å². The third-order valence-electron chi connectivity index (χ3n) is 3.14. The molecule has 0 fully saturated rings. The Morgan fingerprint density at radius 3 is 2.50 bits per heavy atom. The quantitative estimate of drug-likeness (QED) is 0.277. The fourth-order valence-electron chi connectivity index (χ4n) is 1.84. The zero-order valence-electron chi connectivity index (χ0n) is 12.5. The average molecular weight is 293 g/mol. The topological polar surface area (TPSA) is 43.1 Å². The second kappa shape index (κ2) is 8.80. The lowest BCUT2D eigenvalue weighted by atomic mass is 10.0. The van der Waals surface area contributed by atoms with E-state index in [4.69, 9.17) is 0 Å². The Labute approximate surface area is 125 Å². The molecule has 0 radical (unpaired) electrons. The molecule has 0 aliphatic rings. The predicted octanol–water partition coefficient (Wildman–Crippen LogP) is 5.46. The summed E-state index contributed by atoms with van der Waals surface area (Å²) in [5, 5.41) is 10.6. The smallest absolute Gasteiger partial charge is 0.258 e. The SMILES string of the molecule is CC(C)=CCCC(C)CCSc1ccc([N+](=O)[O-])cc1. The predicted molar refractivity (Wildman–Crippen MR) is 86.3 cm³/mol. The van der Waals surface area contributed by atoms with Gasteiger partial charge in [0, 0.05) is 17.0 Å². The van der Waals surface area contributed by atoms with Crippen LogP contribution in [0.4, 0.5) is 5.69 Å². The van der Waals surface area contributed by atoms with Gasteiger partial charge in [0.15, 0.2) is 0 Å². The van der Waals surface area contributed by atoms with Gasteiger partial charge in [-0.05, 0) is 56.9 Å². The van der Waals surface area contributed by atoms with Crippen LogP contribution in [0.1, 0.15) is 40.0 Å². The van der Waals surface area contributed by atoms with Crippen LogP contribution in [0.3, 0.4) is 0 Å². The summed E-state index contributed by atoms with van der Waals surface area (Å²) < 4.78 is 0. The minimum atomic E-state index is -0.361. The van der Waals surface area contributed by atoms with E-state index >= 15 is 0 Å². The zero-order valence-corrected chi connectivity index (χ0v) is 13.3. The molecule has 0 saturated heterocycles. The highest BCUT2D eigenvalue weighted by molar-refractivity contribution is 7.99. The van der Waals surface area contributed by atoms with Crippen molar-refractivity contribution in [1.29, 1.82) is 0 Å². The molecule has 0 heterocycles. The van der Waals surface area contributed by atoms with Crippen molar-refractivity contribution in [2.75, 3.05) is 5.75 Å². The van der Waals surface area contributed by atoms with Crippen LogP contribution in [-0.4, -0.2) is 10.7 Å². The number of nitro groups is 1. The molecular weight excluding hydrogens is 270 g/mol. The van der Waals surface area contributed by atoms with Gasteiger partial charge in [-0.25, -0.2) is 0 Å². The second-order valence-electron chi connectivity index (χ2n) is 5.35. The molecule has 0 aliphatic carbocycles. The van der Waals surface area contributed by atoms with Crippen molar-refractivity contribution < 1.29 is 4.92 Å². The summed E-state index contributed by atoms with van der Waals surface area (Å²) in [6.07, 6.45) is 5.86. The Kier molecular flexibility index (Phi) is 7.37. The molecule has 1 aromatic rings. The number of hydrogen-bond acceptors (Lipinski definition) is 3. The van der Waals surface area contributed by atoms with Crippen LogP contribution < -0.4 is 0 Å². The summed E-state index contributed by atoms with van der Waals surface area (Å²) >= 11 is 1.77. The lowest BCUT2D eigenvalue weighted by molar-refractivity contribution is -0.384. The van der Waals surface area contributed by atoms with Crippen molar-refractivity contribution in [3.63, 3.8) is 0 Å². The molecule has 0 spiro atoms. The molecule has 1 atom stereocenters.